The van der Waals surface area contributed by atoms with E-state index >= 15 is 0 Å². The smallest absolute Gasteiger partial charge is 0.184 e. The van der Waals surface area contributed by atoms with Crippen molar-refractivity contribution in [2.75, 3.05) is 13.2 Å². The Bertz CT molecular complexity index is 901. The topological polar surface area (TPSA) is 77.4 Å². The number of fused-ring (bicyclic) bond motifs is 1. The number of benzene rings is 2. The molecule has 0 aromatic heterocycles. The maximum atomic E-state index is 13.7. The highest BCUT2D eigenvalue weighted by atomic mass is 19.1. The van der Waals surface area contributed by atoms with Crippen LogP contribution in [-0.2, 0) is 18.9 Å². The van der Waals surface area contributed by atoms with Crippen LogP contribution in [0.2, 0.25) is 0 Å². The van der Waals surface area contributed by atoms with Gasteiger partial charge in [0.05, 0.1) is 13.2 Å². The van der Waals surface area contributed by atoms with Gasteiger partial charge < -0.3 is 29.2 Å². The third-order valence-corrected chi connectivity index (χ3v) is 5.79. The van der Waals surface area contributed by atoms with Crippen molar-refractivity contribution in [3.05, 3.63) is 70.0 Å². The lowest BCUT2D eigenvalue weighted by Crippen LogP contribution is -2.58. The van der Waals surface area contributed by atoms with Gasteiger partial charge in [-0.15, -0.1) is 0 Å². The minimum Gasteiger partial charge on any atom is -0.394 e. The lowest BCUT2D eigenvalue weighted by molar-refractivity contribution is -0.373. The summed E-state index contributed by atoms with van der Waals surface area (Å²) in [5.41, 5.74) is 4.25. The summed E-state index contributed by atoms with van der Waals surface area (Å²) in [5.74, 6) is -0.319. The van der Waals surface area contributed by atoms with Crippen molar-refractivity contribution in [1.29, 1.82) is 0 Å². The fourth-order valence-corrected chi connectivity index (χ4v) is 3.83. The number of ether oxygens (including phenoxy) is 4. The van der Waals surface area contributed by atoms with Crippen molar-refractivity contribution in [3.8, 4) is 0 Å². The first kappa shape index (κ1) is 21.4. The Kier molecular flexibility index (Phi) is 6.20. The molecule has 2 aromatic rings. The fourth-order valence-electron chi connectivity index (χ4n) is 3.83. The second kappa shape index (κ2) is 8.70. The minimum atomic E-state index is -1.16. The van der Waals surface area contributed by atoms with E-state index in [0.717, 1.165) is 11.1 Å². The molecule has 6 atom stereocenters. The quantitative estimate of drug-likeness (QED) is 0.795. The van der Waals surface area contributed by atoms with Crippen molar-refractivity contribution in [1.82, 2.24) is 0 Å². The highest BCUT2D eigenvalue weighted by Crippen LogP contribution is 2.39. The molecule has 162 valence electrons. The summed E-state index contributed by atoms with van der Waals surface area (Å²) < 4.78 is 37.7. The van der Waals surface area contributed by atoms with E-state index in [1.54, 1.807) is 19.1 Å². The van der Waals surface area contributed by atoms with Gasteiger partial charge in [0.2, 0.25) is 0 Å². The fraction of sp³-hybridized carbons (Fsp3) is 0.478. The van der Waals surface area contributed by atoms with Gasteiger partial charge in [0, 0.05) is 11.1 Å². The Labute approximate surface area is 175 Å². The van der Waals surface area contributed by atoms with Crippen molar-refractivity contribution in [2.24, 2.45) is 0 Å². The Balaban J connectivity index is 1.57. The van der Waals surface area contributed by atoms with Gasteiger partial charge in [-0.3, -0.25) is 0 Å². The summed E-state index contributed by atoms with van der Waals surface area (Å²) in [4.78, 5) is 0. The van der Waals surface area contributed by atoms with Crippen molar-refractivity contribution in [3.63, 3.8) is 0 Å². The SMILES string of the molecule is Cc1ccc(C2OC[C@@H]3OC(c4ccc(F)c(C)c4)O[C@H]([C@H](O)CO)[C@@H]3O2)cc1C. The molecule has 6 nitrogen and oxygen atoms in total. The van der Waals surface area contributed by atoms with Crippen LogP contribution in [0.15, 0.2) is 36.4 Å². The second-order valence-corrected chi connectivity index (χ2v) is 7.98. The maximum absolute atomic E-state index is 13.7. The number of hydrogen-bond donors (Lipinski definition) is 2. The van der Waals surface area contributed by atoms with E-state index < -0.39 is 43.6 Å². The molecule has 2 fully saturated rings. The molecule has 30 heavy (non-hydrogen) atoms. The predicted molar refractivity (Wildman–Crippen MR) is 106 cm³/mol. The van der Waals surface area contributed by atoms with E-state index in [4.69, 9.17) is 18.9 Å². The van der Waals surface area contributed by atoms with Gasteiger partial charge in [0.25, 0.3) is 0 Å². The van der Waals surface area contributed by atoms with Gasteiger partial charge in [0.15, 0.2) is 12.6 Å². The molecule has 2 saturated heterocycles. The van der Waals surface area contributed by atoms with Crippen LogP contribution in [0.4, 0.5) is 4.39 Å². The summed E-state index contributed by atoms with van der Waals surface area (Å²) in [6, 6.07) is 10.5. The molecule has 0 aliphatic carbocycles. The lowest BCUT2D eigenvalue weighted by Gasteiger charge is -2.47. The Morgan fingerprint density at radius 2 is 1.63 bits per heavy atom. The first-order valence-electron chi connectivity index (χ1n) is 10.1. The molecular weight excluding hydrogens is 391 g/mol. The molecule has 2 aliphatic heterocycles. The molecule has 2 aromatic carbocycles. The molecule has 2 heterocycles. The van der Waals surface area contributed by atoms with Gasteiger partial charge in [-0.2, -0.15) is 0 Å². The van der Waals surface area contributed by atoms with Crippen molar-refractivity contribution >= 4 is 0 Å². The summed E-state index contributed by atoms with van der Waals surface area (Å²) in [7, 11) is 0. The number of hydrogen-bond acceptors (Lipinski definition) is 6. The average molecular weight is 418 g/mol. The highest BCUT2D eigenvalue weighted by molar-refractivity contribution is 5.31. The molecule has 0 amide bonds. The number of aryl methyl sites for hydroxylation is 3. The summed E-state index contributed by atoms with van der Waals surface area (Å²) in [6.45, 7) is 5.46. The first-order valence-corrected chi connectivity index (χ1v) is 10.1. The van der Waals surface area contributed by atoms with E-state index in [1.807, 2.05) is 32.0 Å². The highest BCUT2D eigenvalue weighted by Gasteiger charge is 2.48. The van der Waals surface area contributed by atoms with E-state index in [9.17, 15) is 14.6 Å². The third-order valence-electron chi connectivity index (χ3n) is 5.79. The lowest BCUT2D eigenvalue weighted by atomic mass is 9.99. The van der Waals surface area contributed by atoms with Crippen molar-refractivity contribution < 1.29 is 33.6 Å². The van der Waals surface area contributed by atoms with Crippen LogP contribution in [0.5, 0.6) is 0 Å². The van der Waals surface area contributed by atoms with Crippen LogP contribution in [0, 0.1) is 26.6 Å². The zero-order valence-electron chi connectivity index (χ0n) is 17.2. The Morgan fingerprint density at radius 3 is 2.33 bits per heavy atom. The van der Waals surface area contributed by atoms with Gasteiger partial charge >= 0.3 is 0 Å². The summed E-state index contributed by atoms with van der Waals surface area (Å²) in [6.07, 6.45) is -4.60. The van der Waals surface area contributed by atoms with E-state index in [0.29, 0.717) is 11.1 Å². The number of aliphatic hydroxyl groups is 2. The van der Waals surface area contributed by atoms with Gasteiger partial charge in [-0.05, 0) is 49.6 Å². The molecule has 4 rings (SSSR count). The normalized spacial score (nSPS) is 30.0. The molecule has 2 unspecified atom stereocenters. The molecule has 2 aliphatic rings. The monoisotopic (exact) mass is 418 g/mol. The largest absolute Gasteiger partial charge is 0.394 e. The van der Waals surface area contributed by atoms with E-state index in [1.165, 1.54) is 11.6 Å². The molecule has 0 bridgehead atoms. The minimum absolute atomic E-state index is 0.233. The molecule has 0 radical (unpaired) electrons. The van der Waals surface area contributed by atoms with Crippen molar-refractivity contribution in [2.45, 2.75) is 57.8 Å². The summed E-state index contributed by atoms with van der Waals surface area (Å²) in [5, 5.41) is 20.0. The number of aliphatic hydroxyl groups excluding tert-OH is 2. The van der Waals surface area contributed by atoms with Gasteiger partial charge in [-0.25, -0.2) is 4.39 Å². The van der Waals surface area contributed by atoms with Crippen LogP contribution in [0.1, 0.15) is 40.4 Å². The zero-order chi connectivity index (χ0) is 21.4. The standard InChI is InChI=1S/C23H27FO6/c1-12-4-5-15(8-13(12)2)22-27-11-19-21(30-22)20(18(26)10-25)29-23(28-19)16-6-7-17(24)14(3)9-16/h4-9,18-23,25-26H,10-11H2,1-3H3/t18-,19+,20-,21-,22?,23?/m1/s1. The molecular formula is C23H27FO6. The average Bonchev–Trinajstić information content (AvgIpc) is 2.75. The molecule has 2 N–H and O–H groups in total. The van der Waals surface area contributed by atoms with Crippen LogP contribution in [0.25, 0.3) is 0 Å². The van der Waals surface area contributed by atoms with E-state index in [2.05, 4.69) is 0 Å². The second-order valence-electron chi connectivity index (χ2n) is 7.98. The number of rotatable bonds is 4. The Morgan fingerprint density at radius 1 is 0.933 bits per heavy atom. The van der Waals surface area contributed by atoms with Crippen LogP contribution >= 0.6 is 0 Å². The van der Waals surface area contributed by atoms with Gasteiger partial charge in [-0.1, -0.05) is 24.3 Å². The predicted octanol–water partition coefficient (Wildman–Crippen LogP) is 3.00. The summed E-state index contributed by atoms with van der Waals surface area (Å²) >= 11 is 0. The molecule has 0 saturated carbocycles. The molecule has 0 spiro atoms. The van der Waals surface area contributed by atoms with Crippen LogP contribution in [-0.4, -0.2) is 47.8 Å². The van der Waals surface area contributed by atoms with E-state index in [-0.39, 0.29) is 12.4 Å². The third kappa shape index (κ3) is 4.14. The van der Waals surface area contributed by atoms with Crippen LogP contribution < -0.4 is 0 Å². The Hall–Kier alpha value is -1.87. The molecule has 7 heteroatoms. The first-order chi connectivity index (χ1) is 14.4. The van der Waals surface area contributed by atoms with Crippen LogP contribution in [0.3, 0.4) is 0 Å². The zero-order valence-corrected chi connectivity index (χ0v) is 17.2. The number of halogens is 1. The van der Waals surface area contributed by atoms with Gasteiger partial charge in [0.1, 0.15) is 30.2 Å². The maximum Gasteiger partial charge on any atom is 0.184 e.